The number of hydrogen-bond donors (Lipinski definition) is 1. The molecule has 6 heteroatoms. The van der Waals surface area contributed by atoms with Crippen molar-refractivity contribution < 1.29 is 19.2 Å². The van der Waals surface area contributed by atoms with Crippen molar-refractivity contribution in [2.75, 3.05) is 0 Å². The molecule has 6 nitrogen and oxygen atoms in total. The summed E-state index contributed by atoms with van der Waals surface area (Å²) < 4.78 is 4.79. The zero-order chi connectivity index (χ0) is 10.9. The van der Waals surface area contributed by atoms with Gasteiger partial charge in [-0.3, -0.25) is 14.9 Å². The highest BCUT2D eigenvalue weighted by Crippen LogP contribution is 2.28. The van der Waals surface area contributed by atoms with Crippen molar-refractivity contribution in [1.29, 1.82) is 0 Å². The van der Waals surface area contributed by atoms with Crippen molar-refractivity contribution in [3.8, 4) is 0 Å². The summed E-state index contributed by atoms with van der Waals surface area (Å²) >= 11 is 0. The molecule has 0 saturated carbocycles. The van der Waals surface area contributed by atoms with E-state index in [0.717, 1.165) is 6.07 Å². The molecule has 1 aromatic heterocycles. The Morgan fingerprint density at radius 1 is 1.57 bits per heavy atom. The van der Waals surface area contributed by atoms with Crippen LogP contribution in [-0.4, -0.2) is 16.0 Å². The van der Waals surface area contributed by atoms with Crippen molar-refractivity contribution in [1.82, 2.24) is 0 Å². The number of rotatable bonds is 3. The fourth-order valence-electron chi connectivity index (χ4n) is 0.867. The summed E-state index contributed by atoms with van der Waals surface area (Å²) in [5, 5.41) is 19.1. The molecule has 0 aliphatic carbocycles. The van der Waals surface area contributed by atoms with Gasteiger partial charge in [0.15, 0.2) is 0 Å². The topological polar surface area (TPSA) is 93.6 Å². The van der Waals surface area contributed by atoms with Gasteiger partial charge in [-0.15, -0.1) is 0 Å². The van der Waals surface area contributed by atoms with Gasteiger partial charge in [-0.25, -0.2) is 0 Å². The average Bonchev–Trinajstić information content (AvgIpc) is 2.51. The predicted molar refractivity (Wildman–Crippen MR) is 46.0 cm³/mol. The van der Waals surface area contributed by atoms with Crippen LogP contribution in [-0.2, 0) is 10.2 Å². The molecule has 0 saturated heterocycles. The summed E-state index contributed by atoms with van der Waals surface area (Å²) in [6.07, 6.45) is 0. The van der Waals surface area contributed by atoms with Crippen LogP contribution in [0.15, 0.2) is 16.5 Å². The van der Waals surface area contributed by atoms with Crippen molar-refractivity contribution in [3.63, 3.8) is 0 Å². The first-order valence-electron chi connectivity index (χ1n) is 3.84. The number of nitrogens with zero attached hydrogens (tertiary/aromatic N) is 1. The molecule has 0 aromatic carbocycles. The van der Waals surface area contributed by atoms with E-state index in [-0.39, 0.29) is 5.76 Å². The van der Waals surface area contributed by atoms with Gasteiger partial charge in [-0.1, -0.05) is 0 Å². The van der Waals surface area contributed by atoms with Crippen LogP contribution in [0.1, 0.15) is 19.6 Å². The largest absolute Gasteiger partial charge is 0.481 e. The Balaban J connectivity index is 3.09. The fraction of sp³-hybridized carbons (Fsp3) is 0.375. The molecule has 1 heterocycles. The minimum atomic E-state index is -1.26. The van der Waals surface area contributed by atoms with E-state index in [1.165, 1.54) is 19.9 Å². The van der Waals surface area contributed by atoms with Crippen LogP contribution in [0, 0.1) is 10.1 Å². The summed E-state index contributed by atoms with van der Waals surface area (Å²) in [6.45, 7) is 2.83. The second-order valence-electron chi connectivity index (χ2n) is 3.33. The Kier molecular flexibility index (Phi) is 2.29. The zero-order valence-electron chi connectivity index (χ0n) is 7.68. The quantitative estimate of drug-likeness (QED) is 0.588. The summed E-state index contributed by atoms with van der Waals surface area (Å²) in [4.78, 5) is 20.3. The second-order valence-corrected chi connectivity index (χ2v) is 3.33. The lowest BCUT2D eigenvalue weighted by Gasteiger charge is -2.14. The maximum Gasteiger partial charge on any atom is 0.433 e. The van der Waals surface area contributed by atoms with E-state index < -0.39 is 22.2 Å². The smallest absolute Gasteiger partial charge is 0.433 e. The molecule has 0 radical (unpaired) electrons. The maximum atomic E-state index is 10.8. The van der Waals surface area contributed by atoms with E-state index in [0.29, 0.717) is 0 Å². The lowest BCUT2D eigenvalue weighted by molar-refractivity contribution is -0.402. The lowest BCUT2D eigenvalue weighted by atomic mass is 9.91. The average molecular weight is 199 g/mol. The summed E-state index contributed by atoms with van der Waals surface area (Å²) in [7, 11) is 0. The molecule has 0 amide bonds. The number of hydrogen-bond acceptors (Lipinski definition) is 4. The monoisotopic (exact) mass is 199 g/mol. The predicted octanol–water partition coefficient (Wildman–Crippen LogP) is 1.55. The molecule has 0 spiro atoms. The third-order valence-electron chi connectivity index (χ3n) is 1.92. The number of carboxylic acids is 1. The van der Waals surface area contributed by atoms with Crippen molar-refractivity contribution in [3.05, 3.63) is 28.0 Å². The molecule has 76 valence electrons. The molecule has 1 rings (SSSR count). The number of nitro groups is 1. The number of carbonyl (C=O) groups is 1. The van der Waals surface area contributed by atoms with E-state index >= 15 is 0 Å². The van der Waals surface area contributed by atoms with Crippen LogP contribution in [0.5, 0.6) is 0 Å². The Bertz CT molecular complexity index is 379. The maximum absolute atomic E-state index is 10.8. The van der Waals surface area contributed by atoms with Crippen molar-refractivity contribution in [2.45, 2.75) is 19.3 Å². The van der Waals surface area contributed by atoms with E-state index in [1.54, 1.807) is 0 Å². The van der Waals surface area contributed by atoms with Crippen LogP contribution < -0.4 is 0 Å². The number of furan rings is 1. The molecule has 0 bridgehead atoms. The van der Waals surface area contributed by atoms with Crippen LogP contribution in [0.25, 0.3) is 0 Å². The Hall–Kier alpha value is -1.85. The summed E-state index contributed by atoms with van der Waals surface area (Å²) in [6, 6.07) is 2.44. The van der Waals surface area contributed by atoms with Crippen LogP contribution in [0.3, 0.4) is 0 Å². The highest BCUT2D eigenvalue weighted by molar-refractivity contribution is 5.79. The Morgan fingerprint density at radius 2 is 2.14 bits per heavy atom. The van der Waals surface area contributed by atoms with Gasteiger partial charge in [0.25, 0.3) is 0 Å². The molecule has 0 atom stereocenters. The minimum absolute atomic E-state index is 0.0664. The number of aliphatic carboxylic acids is 1. The lowest BCUT2D eigenvalue weighted by Crippen LogP contribution is -2.27. The highest BCUT2D eigenvalue weighted by Gasteiger charge is 2.34. The van der Waals surface area contributed by atoms with E-state index in [4.69, 9.17) is 9.52 Å². The first-order chi connectivity index (χ1) is 6.35. The van der Waals surface area contributed by atoms with Gasteiger partial charge in [0.1, 0.15) is 16.1 Å². The molecule has 0 unspecified atom stereocenters. The van der Waals surface area contributed by atoms with Gasteiger partial charge in [-0.2, -0.15) is 0 Å². The van der Waals surface area contributed by atoms with Gasteiger partial charge in [0, 0.05) is 0 Å². The standard InChI is InChI=1S/C8H9NO5/c1-8(2,7(10)11)5-3-4-6(14-5)9(12)13/h3-4H,1-2H3,(H,10,11). The van der Waals surface area contributed by atoms with Gasteiger partial charge in [0.2, 0.25) is 0 Å². The number of carboxylic acid groups (broad SMARTS) is 1. The molecule has 1 N–H and O–H groups in total. The van der Waals surface area contributed by atoms with E-state index in [9.17, 15) is 14.9 Å². The first-order valence-corrected chi connectivity index (χ1v) is 3.84. The third-order valence-corrected chi connectivity index (χ3v) is 1.92. The molecule has 14 heavy (non-hydrogen) atoms. The SMILES string of the molecule is CC(C)(C(=O)O)c1ccc([N+](=O)[O-])o1. The normalized spacial score (nSPS) is 11.3. The Morgan fingerprint density at radius 3 is 2.50 bits per heavy atom. The first kappa shape index (κ1) is 10.2. The highest BCUT2D eigenvalue weighted by atomic mass is 16.6. The van der Waals surface area contributed by atoms with Crippen molar-refractivity contribution >= 4 is 11.9 Å². The Labute approximate surface area is 79.3 Å². The summed E-state index contributed by atoms with van der Waals surface area (Å²) in [5.41, 5.74) is -1.26. The van der Waals surface area contributed by atoms with E-state index in [2.05, 4.69) is 0 Å². The van der Waals surface area contributed by atoms with Crippen molar-refractivity contribution in [2.24, 2.45) is 0 Å². The molecule has 0 aliphatic heterocycles. The van der Waals surface area contributed by atoms with Gasteiger partial charge < -0.3 is 9.52 Å². The molecule has 0 aliphatic rings. The van der Waals surface area contributed by atoms with Gasteiger partial charge >= 0.3 is 11.9 Å². The third kappa shape index (κ3) is 1.59. The fourth-order valence-corrected chi connectivity index (χ4v) is 0.867. The zero-order valence-corrected chi connectivity index (χ0v) is 7.68. The molecule has 0 fully saturated rings. The molecule has 1 aromatic rings. The van der Waals surface area contributed by atoms with Crippen LogP contribution in [0.4, 0.5) is 5.88 Å². The van der Waals surface area contributed by atoms with Gasteiger partial charge in [-0.05, 0) is 19.9 Å². The second kappa shape index (κ2) is 3.13. The summed E-state index contributed by atoms with van der Waals surface area (Å²) in [5.74, 6) is -1.48. The molecular weight excluding hydrogens is 190 g/mol. The van der Waals surface area contributed by atoms with Gasteiger partial charge in [0.05, 0.1) is 6.07 Å². The minimum Gasteiger partial charge on any atom is -0.481 e. The van der Waals surface area contributed by atoms with E-state index in [1.807, 2.05) is 0 Å². The van der Waals surface area contributed by atoms with Crippen LogP contribution >= 0.6 is 0 Å². The van der Waals surface area contributed by atoms with Crippen LogP contribution in [0.2, 0.25) is 0 Å². The molecular formula is C8H9NO5.